The largest absolute Gasteiger partial charge is 0.325 e. The van der Waals surface area contributed by atoms with E-state index in [1.54, 1.807) is 12.1 Å². The van der Waals surface area contributed by atoms with Crippen LogP contribution in [0.5, 0.6) is 0 Å². The molecule has 6 nitrogen and oxygen atoms in total. The molecule has 3 heterocycles. The molecule has 9 heteroatoms. The summed E-state index contributed by atoms with van der Waals surface area (Å²) in [5, 5.41) is 13.6. The van der Waals surface area contributed by atoms with Crippen LogP contribution in [0.4, 0.5) is 10.1 Å². The van der Waals surface area contributed by atoms with Crippen molar-refractivity contribution in [2.24, 2.45) is 5.92 Å². The number of thiophene rings is 1. The van der Waals surface area contributed by atoms with Crippen LogP contribution >= 0.6 is 23.1 Å². The van der Waals surface area contributed by atoms with Crippen molar-refractivity contribution in [1.29, 1.82) is 0 Å². The van der Waals surface area contributed by atoms with Gasteiger partial charge in [-0.1, -0.05) is 24.8 Å². The first-order chi connectivity index (χ1) is 15.6. The molecule has 0 aliphatic heterocycles. The maximum Gasteiger partial charge on any atom is 0.234 e. The molecular formula is C23H22FN5OS2. The summed E-state index contributed by atoms with van der Waals surface area (Å²) in [6, 6.07) is 5.90. The van der Waals surface area contributed by atoms with E-state index in [0.29, 0.717) is 22.7 Å². The third-order valence-electron chi connectivity index (χ3n) is 6.18. The number of amides is 1. The number of fused-ring (bicyclic) bond motifs is 5. The predicted molar refractivity (Wildman–Crippen MR) is 125 cm³/mol. The lowest BCUT2D eigenvalue weighted by atomic mass is 9.89. The lowest BCUT2D eigenvalue weighted by molar-refractivity contribution is -0.113. The number of nitrogens with one attached hydrogen (secondary N) is 1. The molecule has 164 valence electrons. The fourth-order valence-corrected chi connectivity index (χ4v) is 6.56. The highest BCUT2D eigenvalue weighted by molar-refractivity contribution is 7.99. The molecule has 0 bridgehead atoms. The molecule has 2 aliphatic carbocycles. The first-order valence-corrected chi connectivity index (χ1v) is 12.7. The van der Waals surface area contributed by atoms with Crippen LogP contribution in [-0.2, 0) is 17.6 Å². The number of rotatable bonds is 5. The van der Waals surface area contributed by atoms with Crippen molar-refractivity contribution in [3.8, 4) is 0 Å². The Morgan fingerprint density at radius 2 is 2.19 bits per heavy atom. The number of anilines is 1. The van der Waals surface area contributed by atoms with E-state index in [9.17, 15) is 9.18 Å². The molecule has 1 aromatic carbocycles. The average Bonchev–Trinajstić information content (AvgIpc) is 3.42. The molecule has 1 atom stereocenters. The second-order valence-electron chi connectivity index (χ2n) is 8.76. The molecule has 32 heavy (non-hydrogen) atoms. The van der Waals surface area contributed by atoms with Crippen molar-refractivity contribution in [2.75, 3.05) is 11.1 Å². The number of hydrogen-bond acceptors (Lipinski definition) is 6. The third-order valence-corrected chi connectivity index (χ3v) is 8.26. The fraction of sp³-hybridized carbons (Fsp3) is 0.391. The SMILES string of the molecule is C[C@@H]1CCc2c(sc3nc(C4CC4)n4c(SCC(=O)Nc5cccc(F)c5)nnc4c23)C1. The van der Waals surface area contributed by atoms with Crippen LogP contribution in [0.15, 0.2) is 29.4 Å². The standard InChI is InChI=1S/C23H22FN5OS2/c1-12-5-8-16-17(9-12)32-22-19(16)21-27-28-23(29(21)20(26-22)13-6-7-13)31-11-18(30)25-15-4-2-3-14(24)10-15/h2-4,10,12-13H,5-9,11H2,1H3,(H,25,30)/t12-/m1/s1. The summed E-state index contributed by atoms with van der Waals surface area (Å²) < 4.78 is 15.5. The number of halogens is 1. The summed E-state index contributed by atoms with van der Waals surface area (Å²) >= 11 is 3.16. The summed E-state index contributed by atoms with van der Waals surface area (Å²) in [5.41, 5.74) is 2.70. The van der Waals surface area contributed by atoms with Gasteiger partial charge in [-0.05, 0) is 61.8 Å². The molecule has 4 aromatic rings. The highest BCUT2D eigenvalue weighted by atomic mass is 32.2. The molecule has 1 saturated carbocycles. The molecule has 0 unspecified atom stereocenters. The van der Waals surface area contributed by atoms with E-state index in [1.807, 2.05) is 11.3 Å². The quantitative estimate of drug-likeness (QED) is 0.408. The highest BCUT2D eigenvalue weighted by Crippen LogP contribution is 2.44. The predicted octanol–water partition coefficient (Wildman–Crippen LogP) is 5.21. The minimum absolute atomic E-state index is 0.165. The Kier molecular flexibility index (Phi) is 4.91. The molecule has 3 aromatic heterocycles. The molecule has 0 spiro atoms. The maximum atomic E-state index is 13.4. The van der Waals surface area contributed by atoms with Gasteiger partial charge in [-0.2, -0.15) is 0 Å². The van der Waals surface area contributed by atoms with Gasteiger partial charge in [0.1, 0.15) is 16.5 Å². The summed E-state index contributed by atoms with van der Waals surface area (Å²) in [7, 11) is 0. The van der Waals surface area contributed by atoms with Gasteiger partial charge < -0.3 is 5.32 Å². The van der Waals surface area contributed by atoms with Crippen molar-refractivity contribution in [2.45, 2.75) is 50.1 Å². The van der Waals surface area contributed by atoms with E-state index in [1.165, 1.54) is 40.8 Å². The number of carbonyl (C=O) groups excluding carboxylic acids is 1. The topological polar surface area (TPSA) is 72.2 Å². The maximum absolute atomic E-state index is 13.4. The summed E-state index contributed by atoms with van der Waals surface area (Å²) in [5.74, 6) is 1.72. The molecule has 0 radical (unpaired) electrons. The summed E-state index contributed by atoms with van der Waals surface area (Å²) in [4.78, 5) is 20.0. The van der Waals surface area contributed by atoms with Crippen LogP contribution in [0.2, 0.25) is 0 Å². The van der Waals surface area contributed by atoms with Gasteiger partial charge in [-0.25, -0.2) is 9.37 Å². The molecule has 0 saturated heterocycles. The van der Waals surface area contributed by atoms with Crippen LogP contribution in [0.25, 0.3) is 15.9 Å². The molecule has 2 aliphatic rings. The van der Waals surface area contributed by atoms with Crippen molar-refractivity contribution in [1.82, 2.24) is 19.6 Å². The Balaban J connectivity index is 1.34. The second-order valence-corrected chi connectivity index (χ2v) is 10.8. The van der Waals surface area contributed by atoms with Crippen LogP contribution < -0.4 is 5.32 Å². The lowest BCUT2D eigenvalue weighted by Crippen LogP contribution is -2.14. The number of carbonyl (C=O) groups is 1. The highest BCUT2D eigenvalue weighted by Gasteiger charge is 2.32. The first-order valence-electron chi connectivity index (χ1n) is 10.9. The Labute approximate surface area is 192 Å². The smallest absolute Gasteiger partial charge is 0.234 e. The van der Waals surface area contributed by atoms with E-state index >= 15 is 0 Å². The van der Waals surface area contributed by atoms with Crippen molar-refractivity contribution in [3.63, 3.8) is 0 Å². The van der Waals surface area contributed by atoms with E-state index in [0.717, 1.165) is 47.4 Å². The molecule has 1 N–H and O–H groups in total. The van der Waals surface area contributed by atoms with Crippen LogP contribution in [0, 0.1) is 11.7 Å². The molecule has 1 amide bonds. The molecule has 6 rings (SSSR count). The van der Waals surface area contributed by atoms with E-state index in [2.05, 4.69) is 26.8 Å². The van der Waals surface area contributed by atoms with Crippen LogP contribution in [0.3, 0.4) is 0 Å². The Hall–Kier alpha value is -2.52. The average molecular weight is 468 g/mol. The fourth-order valence-electron chi connectivity index (χ4n) is 4.44. The number of nitrogens with zero attached hydrogens (tertiary/aromatic N) is 4. The normalized spacial score (nSPS) is 18.2. The summed E-state index contributed by atoms with van der Waals surface area (Å²) in [6.45, 7) is 2.31. The number of thioether (sulfide) groups is 1. The zero-order valence-corrected chi connectivity index (χ0v) is 19.2. The van der Waals surface area contributed by atoms with Crippen molar-refractivity contribution in [3.05, 3.63) is 46.3 Å². The van der Waals surface area contributed by atoms with Gasteiger partial charge in [0, 0.05) is 16.5 Å². The van der Waals surface area contributed by atoms with Crippen molar-refractivity contribution >= 4 is 50.6 Å². The number of hydrogen-bond donors (Lipinski definition) is 1. The van der Waals surface area contributed by atoms with Gasteiger partial charge in [0.2, 0.25) is 5.91 Å². The monoisotopic (exact) mass is 467 g/mol. The van der Waals surface area contributed by atoms with E-state index < -0.39 is 0 Å². The summed E-state index contributed by atoms with van der Waals surface area (Å²) in [6.07, 6.45) is 5.60. The minimum Gasteiger partial charge on any atom is -0.325 e. The van der Waals surface area contributed by atoms with Crippen molar-refractivity contribution < 1.29 is 9.18 Å². The number of aryl methyl sites for hydroxylation is 1. The number of aromatic nitrogens is 4. The Bertz CT molecular complexity index is 1360. The van der Waals surface area contributed by atoms with Crippen LogP contribution in [0.1, 0.15) is 48.4 Å². The third kappa shape index (κ3) is 3.57. The Morgan fingerprint density at radius 1 is 1.31 bits per heavy atom. The van der Waals surface area contributed by atoms with Gasteiger partial charge in [-0.15, -0.1) is 21.5 Å². The van der Waals surface area contributed by atoms with Gasteiger partial charge in [0.05, 0.1) is 11.1 Å². The van der Waals surface area contributed by atoms with Gasteiger partial charge in [-0.3, -0.25) is 9.20 Å². The zero-order valence-electron chi connectivity index (χ0n) is 17.6. The lowest BCUT2D eigenvalue weighted by Gasteiger charge is -2.17. The van der Waals surface area contributed by atoms with E-state index in [-0.39, 0.29) is 17.5 Å². The van der Waals surface area contributed by atoms with Gasteiger partial charge in [0.25, 0.3) is 0 Å². The number of benzene rings is 1. The first kappa shape index (κ1) is 20.1. The van der Waals surface area contributed by atoms with Gasteiger partial charge in [0.15, 0.2) is 10.8 Å². The molecule has 1 fully saturated rings. The molecular weight excluding hydrogens is 445 g/mol. The van der Waals surface area contributed by atoms with Crippen LogP contribution in [-0.4, -0.2) is 31.2 Å². The minimum atomic E-state index is -0.378. The second kappa shape index (κ2) is 7.81. The van der Waals surface area contributed by atoms with Gasteiger partial charge >= 0.3 is 0 Å². The van der Waals surface area contributed by atoms with E-state index in [4.69, 9.17) is 4.98 Å². The Morgan fingerprint density at radius 3 is 3.00 bits per heavy atom. The zero-order chi connectivity index (χ0) is 21.8.